The van der Waals surface area contributed by atoms with Crippen molar-refractivity contribution >= 4 is 18.9 Å². The van der Waals surface area contributed by atoms with E-state index in [1.807, 2.05) is 0 Å². The molecule has 1 aliphatic heterocycles. The molecule has 0 bridgehead atoms. The SMILES string of the molecule is ClCCCOB1OCCCO1. The van der Waals surface area contributed by atoms with Crippen LogP contribution >= 0.6 is 11.6 Å². The lowest BCUT2D eigenvalue weighted by atomic mass is 10.2. The van der Waals surface area contributed by atoms with Crippen LogP contribution in [0.15, 0.2) is 0 Å². The number of hydrogen-bond donors (Lipinski definition) is 0. The molecular formula is C6H12BClO3. The van der Waals surface area contributed by atoms with Gasteiger partial charge in [-0.05, 0) is 12.8 Å². The molecule has 1 heterocycles. The molecule has 3 nitrogen and oxygen atoms in total. The Balaban J connectivity index is 1.96. The van der Waals surface area contributed by atoms with Crippen LogP contribution < -0.4 is 0 Å². The lowest BCUT2D eigenvalue weighted by Gasteiger charge is -2.18. The van der Waals surface area contributed by atoms with E-state index in [1.54, 1.807) is 0 Å². The van der Waals surface area contributed by atoms with Gasteiger partial charge in [0.1, 0.15) is 0 Å². The summed E-state index contributed by atoms with van der Waals surface area (Å²) in [6.07, 6.45) is 1.79. The highest BCUT2D eigenvalue weighted by Crippen LogP contribution is 2.02. The van der Waals surface area contributed by atoms with E-state index in [-0.39, 0.29) is 0 Å². The minimum atomic E-state index is -0.452. The van der Waals surface area contributed by atoms with E-state index in [0.29, 0.717) is 12.5 Å². The smallest absolute Gasteiger partial charge is 0.386 e. The van der Waals surface area contributed by atoms with Gasteiger partial charge in [-0.25, -0.2) is 0 Å². The largest absolute Gasteiger partial charge is 0.639 e. The number of rotatable bonds is 4. The highest BCUT2D eigenvalue weighted by molar-refractivity contribution is 6.36. The summed E-state index contributed by atoms with van der Waals surface area (Å²) in [6.45, 7) is 2.06. The zero-order valence-electron chi connectivity index (χ0n) is 6.42. The van der Waals surface area contributed by atoms with Gasteiger partial charge < -0.3 is 14.0 Å². The third-order valence-electron chi connectivity index (χ3n) is 1.33. The quantitative estimate of drug-likeness (QED) is 0.366. The van der Waals surface area contributed by atoms with Gasteiger partial charge in [0.25, 0.3) is 0 Å². The molecule has 1 aliphatic rings. The Hall–Kier alpha value is 0.235. The Bertz CT molecular complexity index is 97.8. The van der Waals surface area contributed by atoms with Gasteiger partial charge in [-0.15, -0.1) is 11.6 Å². The van der Waals surface area contributed by atoms with E-state index in [9.17, 15) is 0 Å². The molecule has 0 N–H and O–H groups in total. The van der Waals surface area contributed by atoms with E-state index >= 15 is 0 Å². The lowest BCUT2D eigenvalue weighted by Crippen LogP contribution is -2.33. The summed E-state index contributed by atoms with van der Waals surface area (Å²) < 4.78 is 15.5. The fraction of sp³-hybridized carbons (Fsp3) is 1.00. The van der Waals surface area contributed by atoms with Crippen molar-refractivity contribution in [3.8, 4) is 0 Å². The van der Waals surface area contributed by atoms with Crippen LogP contribution in [0.4, 0.5) is 0 Å². The molecule has 0 aromatic carbocycles. The van der Waals surface area contributed by atoms with Crippen LogP contribution in [0.5, 0.6) is 0 Å². The topological polar surface area (TPSA) is 27.7 Å². The summed E-state index contributed by atoms with van der Waals surface area (Å²) in [4.78, 5) is 0. The Morgan fingerprint density at radius 3 is 2.73 bits per heavy atom. The average molecular weight is 178 g/mol. The molecule has 0 atom stereocenters. The molecule has 1 fully saturated rings. The van der Waals surface area contributed by atoms with Crippen LogP contribution in [0.2, 0.25) is 0 Å². The van der Waals surface area contributed by atoms with E-state index in [1.165, 1.54) is 0 Å². The van der Waals surface area contributed by atoms with E-state index in [0.717, 1.165) is 26.1 Å². The van der Waals surface area contributed by atoms with Gasteiger partial charge in [0.15, 0.2) is 0 Å². The van der Waals surface area contributed by atoms with Crippen molar-refractivity contribution in [3.05, 3.63) is 0 Å². The first kappa shape index (κ1) is 9.32. The normalized spacial score (nSPS) is 18.8. The van der Waals surface area contributed by atoms with Gasteiger partial charge in [0.2, 0.25) is 0 Å². The Morgan fingerprint density at radius 1 is 1.36 bits per heavy atom. The zero-order chi connectivity index (χ0) is 7.94. The fourth-order valence-corrected chi connectivity index (χ4v) is 0.906. The van der Waals surface area contributed by atoms with Crippen molar-refractivity contribution in [1.82, 2.24) is 0 Å². The van der Waals surface area contributed by atoms with Crippen LogP contribution in [0.25, 0.3) is 0 Å². The first-order valence-corrected chi connectivity index (χ1v) is 4.37. The second-order valence-corrected chi connectivity index (χ2v) is 2.68. The molecule has 11 heavy (non-hydrogen) atoms. The molecule has 0 aliphatic carbocycles. The molecule has 0 aromatic heterocycles. The molecule has 0 amide bonds. The number of hydrogen-bond acceptors (Lipinski definition) is 3. The second-order valence-electron chi connectivity index (χ2n) is 2.30. The van der Waals surface area contributed by atoms with E-state index in [4.69, 9.17) is 25.6 Å². The number of halogens is 1. The Morgan fingerprint density at radius 2 is 2.09 bits per heavy atom. The van der Waals surface area contributed by atoms with Crippen molar-refractivity contribution in [1.29, 1.82) is 0 Å². The summed E-state index contributed by atoms with van der Waals surface area (Å²) in [5.74, 6) is 0.618. The fourth-order valence-electron chi connectivity index (χ4n) is 0.796. The van der Waals surface area contributed by atoms with Crippen LogP contribution in [-0.2, 0) is 14.0 Å². The molecule has 64 valence electrons. The molecule has 1 rings (SSSR count). The molecule has 5 heteroatoms. The monoisotopic (exact) mass is 178 g/mol. The van der Waals surface area contributed by atoms with Crippen LogP contribution in [-0.4, -0.2) is 33.0 Å². The molecule has 0 spiro atoms. The van der Waals surface area contributed by atoms with Crippen molar-refractivity contribution in [2.45, 2.75) is 12.8 Å². The highest BCUT2D eigenvalue weighted by atomic mass is 35.5. The maximum absolute atomic E-state index is 5.46. The zero-order valence-corrected chi connectivity index (χ0v) is 7.18. The molecule has 0 radical (unpaired) electrons. The van der Waals surface area contributed by atoms with Gasteiger partial charge in [-0.2, -0.15) is 0 Å². The summed E-state index contributed by atoms with van der Waals surface area (Å²) in [5, 5.41) is 0. The highest BCUT2D eigenvalue weighted by Gasteiger charge is 2.23. The Kier molecular flexibility index (Phi) is 4.94. The van der Waals surface area contributed by atoms with Crippen molar-refractivity contribution < 1.29 is 14.0 Å². The molecule has 1 saturated heterocycles. The van der Waals surface area contributed by atoms with Gasteiger partial charge in [0.05, 0.1) is 0 Å². The maximum atomic E-state index is 5.46. The van der Waals surface area contributed by atoms with Crippen LogP contribution in [0.3, 0.4) is 0 Å². The predicted molar refractivity (Wildman–Crippen MR) is 43.6 cm³/mol. The van der Waals surface area contributed by atoms with Gasteiger partial charge in [-0.1, -0.05) is 0 Å². The summed E-state index contributed by atoms with van der Waals surface area (Å²) in [5.41, 5.74) is 0. The third-order valence-corrected chi connectivity index (χ3v) is 1.60. The van der Waals surface area contributed by atoms with Gasteiger partial charge >= 0.3 is 7.32 Å². The summed E-state index contributed by atoms with van der Waals surface area (Å²) in [6, 6.07) is 0. The second kappa shape index (κ2) is 5.83. The summed E-state index contributed by atoms with van der Waals surface area (Å²) in [7, 11) is -0.452. The van der Waals surface area contributed by atoms with Crippen LogP contribution in [0, 0.1) is 0 Å². The number of alkyl halides is 1. The Labute approximate surface area is 72.1 Å². The molecule has 0 unspecified atom stereocenters. The lowest BCUT2D eigenvalue weighted by molar-refractivity contribution is 0.0534. The minimum absolute atomic E-state index is 0.452. The van der Waals surface area contributed by atoms with Crippen LogP contribution in [0.1, 0.15) is 12.8 Å². The minimum Gasteiger partial charge on any atom is -0.386 e. The first-order valence-electron chi connectivity index (χ1n) is 3.84. The van der Waals surface area contributed by atoms with E-state index < -0.39 is 7.32 Å². The molecule has 0 saturated carbocycles. The van der Waals surface area contributed by atoms with Crippen molar-refractivity contribution in [2.24, 2.45) is 0 Å². The van der Waals surface area contributed by atoms with Gasteiger partial charge in [-0.3, -0.25) is 0 Å². The molecular weight excluding hydrogens is 166 g/mol. The molecule has 0 aromatic rings. The summed E-state index contributed by atoms with van der Waals surface area (Å²) >= 11 is 5.46. The predicted octanol–water partition coefficient (Wildman–Crippen LogP) is 1.05. The first-order chi connectivity index (χ1) is 5.43. The van der Waals surface area contributed by atoms with Gasteiger partial charge in [0, 0.05) is 25.7 Å². The standard InChI is InChI=1S/C6H12BClO3/c8-3-1-4-9-7-10-5-2-6-11-7/h1-6H2. The van der Waals surface area contributed by atoms with Crippen molar-refractivity contribution in [3.63, 3.8) is 0 Å². The van der Waals surface area contributed by atoms with Crippen molar-refractivity contribution in [2.75, 3.05) is 25.7 Å². The third kappa shape index (κ3) is 3.96. The average Bonchev–Trinajstić information content (AvgIpc) is 2.07. The maximum Gasteiger partial charge on any atom is 0.639 e. The van der Waals surface area contributed by atoms with E-state index in [2.05, 4.69) is 0 Å².